The molecule has 36 heavy (non-hydrogen) atoms. The molecule has 1 aromatic carbocycles. The van der Waals surface area contributed by atoms with E-state index in [1.54, 1.807) is 29.3 Å². The minimum atomic E-state index is -0.306. The predicted molar refractivity (Wildman–Crippen MR) is 151 cm³/mol. The van der Waals surface area contributed by atoms with Gasteiger partial charge < -0.3 is 4.74 Å². The minimum absolute atomic E-state index is 0.163. The van der Waals surface area contributed by atoms with Crippen molar-refractivity contribution in [2.45, 2.75) is 53.4 Å². The van der Waals surface area contributed by atoms with E-state index in [1.165, 1.54) is 16.2 Å². The Morgan fingerprint density at radius 2 is 1.89 bits per heavy atom. The smallest absolute Gasteiger partial charge is 0.269 e. The van der Waals surface area contributed by atoms with E-state index in [1.807, 2.05) is 38.1 Å². The Kier molecular flexibility index (Phi) is 8.26. The maximum atomic E-state index is 13.5. The Hall–Kier alpha value is -2.97. The zero-order chi connectivity index (χ0) is 25.8. The van der Waals surface area contributed by atoms with Gasteiger partial charge in [0.2, 0.25) is 5.88 Å². The van der Waals surface area contributed by atoms with Gasteiger partial charge in [-0.15, -0.1) is 0 Å². The first kappa shape index (κ1) is 26.1. The summed E-state index contributed by atoms with van der Waals surface area (Å²) >= 11 is 6.79. The van der Waals surface area contributed by atoms with Crippen molar-refractivity contribution in [1.82, 2.24) is 14.3 Å². The number of rotatable bonds is 9. The topological polar surface area (TPSA) is 63.9 Å². The van der Waals surface area contributed by atoms with Crippen molar-refractivity contribution in [2.24, 2.45) is 5.92 Å². The highest BCUT2D eigenvalue weighted by atomic mass is 32.2. The molecule has 1 amide bonds. The van der Waals surface area contributed by atoms with Crippen LogP contribution in [-0.2, 0) is 4.79 Å². The number of hydrogen-bond donors (Lipinski definition) is 0. The second kappa shape index (κ2) is 11.4. The van der Waals surface area contributed by atoms with Crippen LogP contribution < -0.4 is 10.3 Å². The number of aryl methyl sites for hydroxylation is 2. The lowest BCUT2D eigenvalue weighted by atomic mass is 9.99. The van der Waals surface area contributed by atoms with Crippen molar-refractivity contribution in [1.29, 1.82) is 0 Å². The average Bonchev–Trinajstić information content (AvgIpc) is 3.10. The SMILES string of the molecule is CCCCC(CC)CN1C(=O)/C(=C\c2c(Oc3cc(C)cc(C)c3)nc3ccccn3c2=O)SC1=S. The van der Waals surface area contributed by atoms with Gasteiger partial charge in [0.05, 0.1) is 4.91 Å². The van der Waals surface area contributed by atoms with Crippen LogP contribution in [0, 0.1) is 19.8 Å². The Labute approximate surface area is 221 Å². The molecule has 2 aromatic heterocycles. The zero-order valence-corrected chi connectivity index (χ0v) is 22.7. The molecule has 0 radical (unpaired) electrons. The molecule has 1 aliphatic heterocycles. The zero-order valence-electron chi connectivity index (χ0n) is 21.1. The maximum absolute atomic E-state index is 13.5. The largest absolute Gasteiger partial charge is 0.438 e. The maximum Gasteiger partial charge on any atom is 0.269 e. The normalized spacial score (nSPS) is 15.8. The first-order chi connectivity index (χ1) is 17.3. The third kappa shape index (κ3) is 5.71. The summed E-state index contributed by atoms with van der Waals surface area (Å²) in [6.45, 7) is 8.88. The van der Waals surface area contributed by atoms with E-state index in [0.717, 1.165) is 36.8 Å². The van der Waals surface area contributed by atoms with E-state index in [9.17, 15) is 9.59 Å². The summed E-state index contributed by atoms with van der Waals surface area (Å²) < 4.78 is 8.13. The molecule has 6 nitrogen and oxygen atoms in total. The molecule has 0 aliphatic carbocycles. The molecule has 3 aromatic rings. The van der Waals surface area contributed by atoms with Gasteiger partial charge in [-0.05, 0) is 67.7 Å². The van der Waals surface area contributed by atoms with E-state index >= 15 is 0 Å². The molecule has 1 aliphatic rings. The van der Waals surface area contributed by atoms with Crippen LogP contribution in [0.5, 0.6) is 11.6 Å². The number of unbranched alkanes of at least 4 members (excludes halogenated alkanes) is 1. The summed E-state index contributed by atoms with van der Waals surface area (Å²) in [6.07, 6.45) is 7.54. The lowest BCUT2D eigenvalue weighted by molar-refractivity contribution is -0.122. The van der Waals surface area contributed by atoms with Crippen molar-refractivity contribution in [3.05, 3.63) is 74.5 Å². The molecule has 0 saturated carbocycles. The molecule has 1 atom stereocenters. The Morgan fingerprint density at radius 3 is 2.58 bits per heavy atom. The molecule has 0 spiro atoms. The number of thiocarbonyl (C=S) groups is 1. The van der Waals surface area contributed by atoms with Gasteiger partial charge in [-0.3, -0.25) is 18.9 Å². The van der Waals surface area contributed by atoms with E-state index in [4.69, 9.17) is 17.0 Å². The monoisotopic (exact) mass is 521 g/mol. The van der Waals surface area contributed by atoms with Crippen molar-refractivity contribution in [3.63, 3.8) is 0 Å². The summed E-state index contributed by atoms with van der Waals surface area (Å²) in [4.78, 5) is 33.6. The Morgan fingerprint density at radius 1 is 1.14 bits per heavy atom. The molecule has 188 valence electrons. The third-order valence-corrected chi connectivity index (χ3v) is 7.65. The second-order valence-electron chi connectivity index (χ2n) is 9.20. The number of nitrogens with zero attached hydrogens (tertiary/aromatic N) is 3. The second-order valence-corrected chi connectivity index (χ2v) is 10.9. The Balaban J connectivity index is 1.74. The van der Waals surface area contributed by atoms with Gasteiger partial charge in [-0.25, -0.2) is 0 Å². The molecule has 8 heteroatoms. The van der Waals surface area contributed by atoms with E-state index in [2.05, 4.69) is 18.8 Å². The van der Waals surface area contributed by atoms with E-state index in [0.29, 0.717) is 33.1 Å². The number of pyridine rings is 1. The fourth-order valence-corrected chi connectivity index (χ4v) is 5.61. The van der Waals surface area contributed by atoms with Crippen molar-refractivity contribution in [3.8, 4) is 11.6 Å². The fourth-order valence-electron chi connectivity index (χ4n) is 4.35. The van der Waals surface area contributed by atoms with Gasteiger partial charge >= 0.3 is 0 Å². The van der Waals surface area contributed by atoms with Crippen LogP contribution in [0.25, 0.3) is 11.7 Å². The van der Waals surface area contributed by atoms with Gasteiger partial charge in [0.15, 0.2) is 0 Å². The lowest BCUT2D eigenvalue weighted by Gasteiger charge is -2.21. The first-order valence-corrected chi connectivity index (χ1v) is 13.6. The Bertz CT molecular complexity index is 1380. The van der Waals surface area contributed by atoms with Crippen LogP contribution in [0.15, 0.2) is 52.3 Å². The lowest BCUT2D eigenvalue weighted by Crippen LogP contribution is -2.33. The molecule has 0 bridgehead atoms. The molecule has 3 heterocycles. The number of ether oxygens (including phenoxy) is 1. The number of fused-ring (bicyclic) bond motifs is 1. The number of benzene rings is 1. The van der Waals surface area contributed by atoms with E-state index in [-0.39, 0.29) is 22.9 Å². The highest BCUT2D eigenvalue weighted by molar-refractivity contribution is 8.26. The molecular formula is C28H31N3O3S2. The van der Waals surface area contributed by atoms with Crippen LogP contribution >= 0.6 is 24.0 Å². The molecule has 4 rings (SSSR count). The number of thioether (sulfide) groups is 1. The quantitative estimate of drug-likeness (QED) is 0.236. The summed E-state index contributed by atoms with van der Waals surface area (Å²) in [6, 6.07) is 11.2. The summed E-state index contributed by atoms with van der Waals surface area (Å²) in [7, 11) is 0. The van der Waals surface area contributed by atoms with Crippen LogP contribution in [0.2, 0.25) is 0 Å². The summed E-state index contributed by atoms with van der Waals surface area (Å²) in [5.74, 6) is 0.970. The summed E-state index contributed by atoms with van der Waals surface area (Å²) in [5, 5.41) is 0. The molecule has 1 saturated heterocycles. The van der Waals surface area contributed by atoms with Crippen molar-refractivity contribution >= 4 is 45.9 Å². The van der Waals surface area contributed by atoms with Gasteiger partial charge in [0.1, 0.15) is 21.3 Å². The highest BCUT2D eigenvalue weighted by Crippen LogP contribution is 2.35. The van der Waals surface area contributed by atoms with Gasteiger partial charge in [-0.2, -0.15) is 4.98 Å². The van der Waals surface area contributed by atoms with E-state index < -0.39 is 0 Å². The predicted octanol–water partition coefficient (Wildman–Crippen LogP) is 6.52. The van der Waals surface area contributed by atoms with Crippen LogP contribution in [0.3, 0.4) is 0 Å². The standard InChI is InChI=1S/C28H31N3O3S2/c1-5-7-10-20(6-2)17-31-27(33)23(36-28(31)35)16-22-25(34-21-14-18(3)13-19(4)15-21)29-24-11-8-9-12-30(24)26(22)32/h8-9,11-16,20H,5-7,10,17H2,1-4H3/b23-16+. The van der Waals surface area contributed by atoms with Crippen LogP contribution in [0.4, 0.5) is 0 Å². The molecule has 1 fully saturated rings. The fraction of sp³-hybridized carbons (Fsp3) is 0.357. The average molecular weight is 522 g/mol. The molecular weight excluding hydrogens is 490 g/mol. The minimum Gasteiger partial charge on any atom is -0.438 e. The number of aromatic nitrogens is 2. The van der Waals surface area contributed by atoms with Crippen molar-refractivity contribution in [2.75, 3.05) is 6.54 Å². The molecule has 0 N–H and O–H groups in total. The van der Waals surface area contributed by atoms with Gasteiger partial charge in [-0.1, -0.05) is 69.2 Å². The van der Waals surface area contributed by atoms with Crippen molar-refractivity contribution < 1.29 is 9.53 Å². The number of amides is 1. The van der Waals surface area contributed by atoms with Crippen LogP contribution in [-0.4, -0.2) is 31.1 Å². The number of hydrogen-bond acceptors (Lipinski definition) is 6. The third-order valence-electron chi connectivity index (χ3n) is 6.28. The number of carbonyl (C=O) groups excluding carboxylic acids is 1. The van der Waals surface area contributed by atoms with Crippen LogP contribution in [0.1, 0.15) is 56.2 Å². The first-order valence-electron chi connectivity index (χ1n) is 12.3. The molecule has 1 unspecified atom stereocenters. The highest BCUT2D eigenvalue weighted by Gasteiger charge is 2.34. The van der Waals surface area contributed by atoms with Gasteiger partial charge in [0.25, 0.3) is 11.5 Å². The number of carbonyl (C=O) groups is 1. The van der Waals surface area contributed by atoms with Gasteiger partial charge in [0, 0.05) is 12.7 Å². The summed E-state index contributed by atoms with van der Waals surface area (Å²) in [5.41, 5.74) is 2.46.